The van der Waals surface area contributed by atoms with Gasteiger partial charge in [0, 0.05) is 21.2 Å². The van der Waals surface area contributed by atoms with E-state index >= 15 is 0 Å². The van der Waals surface area contributed by atoms with Crippen LogP contribution in [0.25, 0.3) is 22.3 Å². The molecule has 0 aliphatic rings. The van der Waals surface area contributed by atoms with E-state index < -0.39 is 0 Å². The van der Waals surface area contributed by atoms with Gasteiger partial charge in [0.25, 0.3) is 0 Å². The molecule has 114 valence electrons. The Morgan fingerprint density at radius 3 is 1.29 bits per heavy atom. The van der Waals surface area contributed by atoms with Crippen LogP contribution in [0.3, 0.4) is 0 Å². The van der Waals surface area contributed by atoms with Crippen molar-refractivity contribution in [2.45, 2.75) is 0 Å². The molecule has 3 rings (SSSR count). The molecule has 0 aliphatic carbocycles. The molecule has 3 aromatic rings. The molecule has 0 amide bonds. The molecule has 0 N–H and O–H groups in total. The Hall–Kier alpha value is -2.64. The van der Waals surface area contributed by atoms with Gasteiger partial charge in [-0.05, 0) is 46.5 Å². The Morgan fingerprint density at radius 1 is 0.583 bits per heavy atom. The van der Waals surface area contributed by atoms with Gasteiger partial charge in [-0.1, -0.05) is 71.4 Å². The number of terminal acetylenes is 2. The van der Waals surface area contributed by atoms with E-state index in [0.717, 1.165) is 33.4 Å². The Bertz CT molecular complexity index is 901. The molecule has 0 nitrogen and oxygen atoms in total. The van der Waals surface area contributed by atoms with Crippen molar-refractivity contribution in [2.75, 3.05) is 0 Å². The van der Waals surface area contributed by atoms with Crippen molar-refractivity contribution >= 4 is 23.2 Å². The van der Waals surface area contributed by atoms with Crippen LogP contribution in [0.5, 0.6) is 0 Å². The summed E-state index contributed by atoms with van der Waals surface area (Å²) in [5.41, 5.74) is 5.54. The first kappa shape index (κ1) is 16.2. The van der Waals surface area contributed by atoms with Crippen LogP contribution in [0, 0.1) is 24.7 Å². The summed E-state index contributed by atoms with van der Waals surface area (Å²) in [4.78, 5) is 0. The smallest absolute Gasteiger partial charge is 0.0418 e. The third kappa shape index (κ3) is 3.17. The topological polar surface area (TPSA) is 0 Å². The number of rotatable bonds is 2. The highest BCUT2D eigenvalue weighted by atomic mass is 35.5. The summed E-state index contributed by atoms with van der Waals surface area (Å²) in [6.07, 6.45) is 11.2. The zero-order chi connectivity index (χ0) is 17.1. The highest BCUT2D eigenvalue weighted by Gasteiger charge is 2.07. The lowest BCUT2D eigenvalue weighted by Crippen LogP contribution is -1.87. The van der Waals surface area contributed by atoms with Gasteiger partial charge in [0.1, 0.15) is 0 Å². The normalized spacial score (nSPS) is 10.0. The molecule has 24 heavy (non-hydrogen) atoms. The SMILES string of the molecule is C#Cc1cc(Cl)ccc1-c1ccc(-c2ccc(Cl)cc2C#C)cc1. The van der Waals surface area contributed by atoms with Crippen molar-refractivity contribution in [1.29, 1.82) is 0 Å². The van der Waals surface area contributed by atoms with Gasteiger partial charge in [0.15, 0.2) is 0 Å². The van der Waals surface area contributed by atoms with Crippen molar-refractivity contribution in [3.8, 4) is 46.9 Å². The molecule has 0 saturated carbocycles. The highest BCUT2D eigenvalue weighted by molar-refractivity contribution is 6.31. The number of hydrogen-bond donors (Lipinski definition) is 0. The van der Waals surface area contributed by atoms with E-state index in [9.17, 15) is 0 Å². The van der Waals surface area contributed by atoms with Gasteiger partial charge in [-0.2, -0.15) is 0 Å². The van der Waals surface area contributed by atoms with Crippen LogP contribution in [0.15, 0.2) is 60.7 Å². The summed E-state index contributed by atoms with van der Waals surface area (Å²) in [6.45, 7) is 0. The standard InChI is InChI=1S/C22H12Cl2/c1-3-15-13-19(23)9-11-21(15)17-5-7-18(8-6-17)22-12-10-20(24)14-16(22)4-2/h1-2,5-14H. The lowest BCUT2D eigenvalue weighted by atomic mass is 9.95. The second-order valence-electron chi connectivity index (χ2n) is 5.25. The zero-order valence-corrected chi connectivity index (χ0v) is 14.2. The molecule has 0 fully saturated rings. The van der Waals surface area contributed by atoms with Gasteiger partial charge in [-0.25, -0.2) is 0 Å². The van der Waals surface area contributed by atoms with Crippen molar-refractivity contribution in [3.05, 3.63) is 81.8 Å². The predicted molar refractivity (Wildman–Crippen MR) is 103 cm³/mol. The average molecular weight is 347 g/mol. The average Bonchev–Trinajstić information content (AvgIpc) is 2.61. The summed E-state index contributed by atoms with van der Waals surface area (Å²) in [7, 11) is 0. The van der Waals surface area contributed by atoms with Crippen molar-refractivity contribution in [3.63, 3.8) is 0 Å². The first-order valence-electron chi connectivity index (χ1n) is 7.25. The Kier molecular flexibility index (Phi) is 4.64. The summed E-state index contributed by atoms with van der Waals surface area (Å²) < 4.78 is 0. The quantitative estimate of drug-likeness (QED) is 0.478. The van der Waals surface area contributed by atoms with Crippen LogP contribution in [-0.4, -0.2) is 0 Å². The summed E-state index contributed by atoms with van der Waals surface area (Å²) in [5, 5.41) is 1.26. The van der Waals surface area contributed by atoms with Gasteiger partial charge in [0.2, 0.25) is 0 Å². The first-order valence-corrected chi connectivity index (χ1v) is 8.01. The minimum absolute atomic E-state index is 0.628. The Balaban J connectivity index is 2.04. The lowest BCUT2D eigenvalue weighted by Gasteiger charge is -2.09. The molecule has 0 radical (unpaired) electrons. The minimum atomic E-state index is 0.628. The van der Waals surface area contributed by atoms with E-state index in [1.807, 2.05) is 48.5 Å². The van der Waals surface area contributed by atoms with Crippen LogP contribution in [0.4, 0.5) is 0 Å². The second kappa shape index (κ2) is 6.86. The van der Waals surface area contributed by atoms with Crippen molar-refractivity contribution in [1.82, 2.24) is 0 Å². The molecule has 0 spiro atoms. The van der Waals surface area contributed by atoms with Gasteiger partial charge in [0.05, 0.1) is 0 Å². The minimum Gasteiger partial charge on any atom is -0.115 e. The summed E-state index contributed by atoms with van der Waals surface area (Å²) >= 11 is 12.0. The molecule has 0 atom stereocenters. The van der Waals surface area contributed by atoms with Gasteiger partial charge in [-0.15, -0.1) is 12.8 Å². The van der Waals surface area contributed by atoms with Crippen molar-refractivity contribution < 1.29 is 0 Å². The maximum Gasteiger partial charge on any atom is 0.0418 e. The molecule has 0 bridgehead atoms. The van der Waals surface area contributed by atoms with Crippen LogP contribution in [0.2, 0.25) is 10.0 Å². The van der Waals surface area contributed by atoms with Crippen LogP contribution in [0.1, 0.15) is 11.1 Å². The van der Waals surface area contributed by atoms with E-state index in [-0.39, 0.29) is 0 Å². The van der Waals surface area contributed by atoms with Gasteiger partial charge >= 0.3 is 0 Å². The fourth-order valence-corrected chi connectivity index (χ4v) is 2.95. The highest BCUT2D eigenvalue weighted by Crippen LogP contribution is 2.30. The fourth-order valence-electron chi connectivity index (χ4n) is 2.60. The third-order valence-corrected chi connectivity index (χ3v) is 4.25. The lowest BCUT2D eigenvalue weighted by molar-refractivity contribution is 1.55. The first-order chi connectivity index (χ1) is 11.6. The molecular weight excluding hydrogens is 335 g/mol. The molecule has 0 aromatic heterocycles. The molecule has 0 aliphatic heterocycles. The largest absolute Gasteiger partial charge is 0.115 e. The number of hydrogen-bond acceptors (Lipinski definition) is 0. The van der Waals surface area contributed by atoms with Crippen LogP contribution in [-0.2, 0) is 0 Å². The molecule has 0 heterocycles. The molecular formula is C22H12Cl2. The maximum atomic E-state index is 6.01. The molecule has 2 heteroatoms. The van der Waals surface area contributed by atoms with Gasteiger partial charge < -0.3 is 0 Å². The van der Waals surface area contributed by atoms with E-state index in [2.05, 4.69) is 11.8 Å². The van der Waals surface area contributed by atoms with Crippen LogP contribution < -0.4 is 0 Å². The third-order valence-electron chi connectivity index (χ3n) is 3.78. The van der Waals surface area contributed by atoms with E-state index in [0.29, 0.717) is 10.0 Å². The molecule has 3 aromatic carbocycles. The second-order valence-corrected chi connectivity index (χ2v) is 6.12. The van der Waals surface area contributed by atoms with Gasteiger partial charge in [-0.3, -0.25) is 0 Å². The van der Waals surface area contributed by atoms with E-state index in [1.54, 1.807) is 12.1 Å². The maximum absolute atomic E-state index is 6.01. The summed E-state index contributed by atoms with van der Waals surface area (Å²) in [5.74, 6) is 5.36. The zero-order valence-electron chi connectivity index (χ0n) is 12.7. The van der Waals surface area contributed by atoms with Crippen molar-refractivity contribution in [2.24, 2.45) is 0 Å². The fraction of sp³-hybridized carbons (Fsp3) is 0. The Morgan fingerprint density at radius 2 is 0.958 bits per heavy atom. The van der Waals surface area contributed by atoms with E-state index in [1.165, 1.54) is 0 Å². The monoisotopic (exact) mass is 346 g/mol. The number of benzene rings is 3. The predicted octanol–water partition coefficient (Wildman–Crippen LogP) is 6.29. The summed E-state index contributed by atoms with van der Waals surface area (Å²) in [6, 6.07) is 19.2. The molecule has 0 saturated heterocycles. The van der Waals surface area contributed by atoms with Crippen LogP contribution >= 0.6 is 23.2 Å². The molecule has 0 unspecified atom stereocenters. The number of halogens is 2. The van der Waals surface area contributed by atoms with E-state index in [4.69, 9.17) is 36.0 Å². The Labute approximate surface area is 152 Å².